The fourth-order valence-electron chi connectivity index (χ4n) is 2.38. The molecule has 1 N–H and O–H groups in total. The van der Waals surface area contributed by atoms with Crippen LogP contribution < -0.4 is 5.32 Å². The fourth-order valence-corrected chi connectivity index (χ4v) is 2.50. The van der Waals surface area contributed by atoms with E-state index in [1.165, 1.54) is 12.3 Å². The molecule has 6 heteroatoms. The van der Waals surface area contributed by atoms with Crippen molar-refractivity contribution in [1.82, 2.24) is 10.5 Å². The van der Waals surface area contributed by atoms with Crippen molar-refractivity contribution in [3.63, 3.8) is 0 Å². The van der Waals surface area contributed by atoms with Gasteiger partial charge in [0.2, 0.25) is 0 Å². The first kappa shape index (κ1) is 13.5. The summed E-state index contributed by atoms with van der Waals surface area (Å²) in [6.07, 6.45) is 2.23. The summed E-state index contributed by atoms with van der Waals surface area (Å²) >= 11 is 5.70. The number of nitrogens with zero attached hydrogens (tertiary/aromatic N) is 1. The Bertz CT molecular complexity index is 577. The average molecular weight is 297 g/mol. The first-order chi connectivity index (χ1) is 9.74. The van der Waals surface area contributed by atoms with Crippen molar-refractivity contribution >= 4 is 11.6 Å². The van der Waals surface area contributed by atoms with Crippen molar-refractivity contribution in [1.29, 1.82) is 0 Å². The Balaban J connectivity index is 1.69. The Morgan fingerprint density at radius 1 is 1.40 bits per heavy atom. The van der Waals surface area contributed by atoms with Crippen LogP contribution in [-0.4, -0.2) is 17.8 Å². The number of halogens is 2. The number of ether oxygens (including phenoxy) is 1. The first-order valence-corrected chi connectivity index (χ1v) is 6.81. The number of hydrogen-bond acceptors (Lipinski definition) is 4. The number of nitrogens with one attached hydrogen (secondary N) is 1. The molecule has 2 aromatic rings. The summed E-state index contributed by atoms with van der Waals surface area (Å²) in [5.74, 6) is -0.421. The van der Waals surface area contributed by atoms with Crippen LogP contribution in [0, 0.1) is 5.82 Å². The van der Waals surface area contributed by atoms with E-state index in [0.717, 1.165) is 17.7 Å². The van der Waals surface area contributed by atoms with E-state index in [1.807, 2.05) is 0 Å². The minimum Gasteiger partial charge on any atom is -0.372 e. The Hall–Kier alpha value is -1.43. The van der Waals surface area contributed by atoms with Gasteiger partial charge >= 0.3 is 0 Å². The van der Waals surface area contributed by atoms with Crippen molar-refractivity contribution < 1.29 is 13.7 Å². The monoisotopic (exact) mass is 296 g/mol. The minimum absolute atomic E-state index is 0.118. The quantitative estimate of drug-likeness (QED) is 0.942. The number of benzene rings is 1. The molecule has 106 valence electrons. The highest BCUT2D eigenvalue weighted by Gasteiger charge is 2.29. The molecule has 0 saturated carbocycles. The van der Waals surface area contributed by atoms with Crippen molar-refractivity contribution in [3.05, 3.63) is 52.6 Å². The van der Waals surface area contributed by atoms with Gasteiger partial charge in [0.15, 0.2) is 0 Å². The summed E-state index contributed by atoms with van der Waals surface area (Å²) in [5, 5.41) is 7.33. The Morgan fingerprint density at radius 3 is 3.05 bits per heavy atom. The van der Waals surface area contributed by atoms with Gasteiger partial charge in [-0.3, -0.25) is 0 Å². The van der Waals surface area contributed by atoms with Gasteiger partial charge in [0.1, 0.15) is 12.1 Å². The van der Waals surface area contributed by atoms with Crippen LogP contribution in [0.1, 0.15) is 23.8 Å². The molecule has 3 rings (SSSR count). The molecule has 1 fully saturated rings. The van der Waals surface area contributed by atoms with E-state index >= 15 is 0 Å². The average Bonchev–Trinajstić information content (AvgIpc) is 3.10. The Morgan fingerprint density at radius 2 is 2.30 bits per heavy atom. The molecule has 2 atom stereocenters. The third-order valence-electron chi connectivity index (χ3n) is 3.40. The lowest BCUT2D eigenvalue weighted by atomic mass is 10.0. The first-order valence-electron chi connectivity index (χ1n) is 6.43. The van der Waals surface area contributed by atoms with Crippen LogP contribution in [0.25, 0.3) is 0 Å². The molecule has 20 heavy (non-hydrogen) atoms. The number of aromatic nitrogens is 1. The van der Waals surface area contributed by atoms with E-state index < -0.39 is 5.82 Å². The van der Waals surface area contributed by atoms with Crippen LogP contribution in [0.4, 0.5) is 4.39 Å². The van der Waals surface area contributed by atoms with Crippen LogP contribution in [-0.2, 0) is 11.3 Å². The molecule has 1 aliphatic rings. The Labute approximate surface area is 120 Å². The van der Waals surface area contributed by atoms with E-state index in [0.29, 0.717) is 13.2 Å². The molecule has 1 aromatic heterocycles. The molecule has 0 spiro atoms. The summed E-state index contributed by atoms with van der Waals surface area (Å²) in [7, 11) is 0. The third-order valence-corrected chi connectivity index (χ3v) is 3.71. The largest absolute Gasteiger partial charge is 0.372 e. The van der Waals surface area contributed by atoms with Crippen LogP contribution >= 0.6 is 11.6 Å². The highest BCUT2D eigenvalue weighted by atomic mass is 35.5. The lowest BCUT2D eigenvalue weighted by Crippen LogP contribution is -2.31. The highest BCUT2D eigenvalue weighted by Crippen LogP contribution is 2.31. The van der Waals surface area contributed by atoms with Gasteiger partial charge in [-0.25, -0.2) is 4.39 Å². The lowest BCUT2D eigenvalue weighted by Gasteiger charge is -2.20. The SMILES string of the molecule is Fc1cc([C@H]2OCC[C@H]2NCc2ccon2)ccc1Cl. The second-order valence-corrected chi connectivity index (χ2v) is 5.14. The predicted octanol–water partition coefficient (Wildman–Crippen LogP) is 3.09. The predicted molar refractivity (Wildman–Crippen MR) is 71.9 cm³/mol. The van der Waals surface area contributed by atoms with Crippen LogP contribution in [0.15, 0.2) is 35.1 Å². The minimum atomic E-state index is -0.421. The maximum absolute atomic E-state index is 13.5. The molecular formula is C14H14ClFN2O2. The second kappa shape index (κ2) is 5.91. The van der Waals surface area contributed by atoms with Gasteiger partial charge in [-0.05, 0) is 24.1 Å². The summed E-state index contributed by atoms with van der Waals surface area (Å²) < 4.78 is 24.0. The maximum atomic E-state index is 13.5. The normalized spacial score (nSPS) is 22.3. The zero-order valence-corrected chi connectivity index (χ0v) is 11.4. The molecule has 1 saturated heterocycles. The van der Waals surface area contributed by atoms with E-state index in [4.69, 9.17) is 20.9 Å². The maximum Gasteiger partial charge on any atom is 0.142 e. The molecule has 0 amide bonds. The van der Waals surface area contributed by atoms with Gasteiger partial charge in [0, 0.05) is 25.3 Å². The number of rotatable bonds is 4. The van der Waals surface area contributed by atoms with E-state index in [2.05, 4.69) is 10.5 Å². The standard InChI is InChI=1S/C14H14ClFN2O2/c15-11-2-1-9(7-12(11)16)14-13(4-5-19-14)17-8-10-3-6-20-18-10/h1-3,6-7,13-14,17H,4-5,8H2/t13-,14-/m1/s1. The third kappa shape index (κ3) is 2.85. The van der Waals surface area contributed by atoms with Crippen molar-refractivity contribution in [3.8, 4) is 0 Å². The summed E-state index contributed by atoms with van der Waals surface area (Å²) in [6.45, 7) is 1.24. The van der Waals surface area contributed by atoms with Gasteiger partial charge in [-0.15, -0.1) is 0 Å². The van der Waals surface area contributed by atoms with Crippen molar-refractivity contribution in [2.75, 3.05) is 6.61 Å². The van der Waals surface area contributed by atoms with Crippen LogP contribution in [0.2, 0.25) is 5.02 Å². The van der Waals surface area contributed by atoms with Crippen LogP contribution in [0.5, 0.6) is 0 Å². The van der Waals surface area contributed by atoms with Gasteiger partial charge in [0.25, 0.3) is 0 Å². The van der Waals surface area contributed by atoms with Gasteiger partial charge in [-0.2, -0.15) is 0 Å². The topological polar surface area (TPSA) is 47.3 Å². The van der Waals surface area contributed by atoms with Gasteiger partial charge in [0.05, 0.1) is 16.8 Å². The van der Waals surface area contributed by atoms with Crippen LogP contribution in [0.3, 0.4) is 0 Å². The lowest BCUT2D eigenvalue weighted by molar-refractivity contribution is 0.0981. The zero-order valence-electron chi connectivity index (χ0n) is 10.7. The van der Waals surface area contributed by atoms with Gasteiger partial charge < -0.3 is 14.6 Å². The molecule has 1 aliphatic heterocycles. The highest BCUT2D eigenvalue weighted by molar-refractivity contribution is 6.30. The number of hydrogen-bond donors (Lipinski definition) is 1. The van der Waals surface area contributed by atoms with E-state index in [-0.39, 0.29) is 17.2 Å². The molecule has 0 unspecified atom stereocenters. The molecule has 2 heterocycles. The zero-order chi connectivity index (χ0) is 13.9. The van der Waals surface area contributed by atoms with E-state index in [9.17, 15) is 4.39 Å². The van der Waals surface area contributed by atoms with Crippen molar-refractivity contribution in [2.24, 2.45) is 0 Å². The second-order valence-electron chi connectivity index (χ2n) is 4.73. The summed E-state index contributed by atoms with van der Waals surface area (Å²) in [5.41, 5.74) is 1.62. The fraction of sp³-hybridized carbons (Fsp3) is 0.357. The smallest absolute Gasteiger partial charge is 0.142 e. The molecule has 0 aliphatic carbocycles. The molecule has 0 bridgehead atoms. The molecule has 1 aromatic carbocycles. The van der Waals surface area contributed by atoms with Gasteiger partial charge in [-0.1, -0.05) is 22.8 Å². The Kier molecular flexibility index (Phi) is 4.00. The molecular weight excluding hydrogens is 283 g/mol. The van der Waals surface area contributed by atoms with Crippen molar-refractivity contribution in [2.45, 2.75) is 25.1 Å². The summed E-state index contributed by atoms with van der Waals surface area (Å²) in [4.78, 5) is 0. The molecule has 4 nitrogen and oxygen atoms in total. The summed E-state index contributed by atoms with van der Waals surface area (Å²) in [6, 6.07) is 6.71. The van der Waals surface area contributed by atoms with E-state index in [1.54, 1.807) is 18.2 Å². The molecule has 0 radical (unpaired) electrons.